The minimum absolute atomic E-state index is 0.492. The van der Waals surface area contributed by atoms with Gasteiger partial charge in [-0.15, -0.1) is 0 Å². The number of fused-ring (bicyclic) bond motifs is 1. The van der Waals surface area contributed by atoms with Gasteiger partial charge in [0, 0.05) is 61.5 Å². The highest BCUT2D eigenvalue weighted by atomic mass is 16.5. The Morgan fingerprint density at radius 3 is 2.58 bits per heavy atom. The lowest BCUT2D eigenvalue weighted by Gasteiger charge is -2.37. The van der Waals surface area contributed by atoms with E-state index in [9.17, 15) is 9.90 Å². The second kappa shape index (κ2) is 9.37. The van der Waals surface area contributed by atoms with E-state index < -0.39 is 12.0 Å². The van der Waals surface area contributed by atoms with Crippen molar-refractivity contribution in [3.05, 3.63) is 78.0 Å². The lowest BCUT2D eigenvalue weighted by molar-refractivity contribution is -0.144. The summed E-state index contributed by atoms with van der Waals surface area (Å²) >= 11 is 0. The topological polar surface area (TPSA) is 68.8 Å². The third-order valence-corrected chi connectivity index (χ3v) is 5.73. The molecule has 1 aliphatic rings. The Bertz CT molecular complexity index is 1050. The molecule has 1 aromatic heterocycles. The van der Waals surface area contributed by atoms with E-state index >= 15 is 0 Å². The fraction of sp³-hybridized carbons (Fsp3) is 0.320. The van der Waals surface area contributed by atoms with Gasteiger partial charge in [-0.3, -0.25) is 14.6 Å². The first kappa shape index (κ1) is 21.2. The highest BCUT2D eigenvalue weighted by Gasteiger charge is 2.32. The lowest BCUT2D eigenvalue weighted by atomic mass is 10.0. The molecule has 0 saturated carbocycles. The van der Waals surface area contributed by atoms with Gasteiger partial charge in [-0.2, -0.15) is 0 Å². The zero-order valence-electron chi connectivity index (χ0n) is 17.9. The van der Waals surface area contributed by atoms with Crippen LogP contribution in [-0.4, -0.2) is 58.6 Å². The molecule has 0 aliphatic carbocycles. The Morgan fingerprint density at radius 1 is 1.16 bits per heavy atom. The predicted molar refractivity (Wildman–Crippen MR) is 122 cm³/mol. The molecule has 2 heterocycles. The van der Waals surface area contributed by atoms with E-state index in [1.54, 1.807) is 0 Å². The molecule has 0 radical (unpaired) electrons. The van der Waals surface area contributed by atoms with Gasteiger partial charge in [0.25, 0.3) is 0 Å². The monoisotopic (exact) mass is 419 g/mol. The van der Waals surface area contributed by atoms with E-state index in [0.717, 1.165) is 66.1 Å². The van der Waals surface area contributed by atoms with Gasteiger partial charge < -0.3 is 14.8 Å². The van der Waals surface area contributed by atoms with Crippen molar-refractivity contribution in [2.45, 2.75) is 19.6 Å². The number of aromatic nitrogens is 1. The fourth-order valence-corrected chi connectivity index (χ4v) is 4.23. The predicted octanol–water partition coefficient (Wildman–Crippen LogP) is 4.07. The van der Waals surface area contributed by atoms with Crippen molar-refractivity contribution in [1.82, 2.24) is 14.8 Å². The Morgan fingerprint density at radius 2 is 1.90 bits per heavy atom. The van der Waals surface area contributed by atoms with Crippen LogP contribution in [-0.2, 0) is 11.4 Å². The van der Waals surface area contributed by atoms with Crippen molar-refractivity contribution >= 4 is 16.9 Å². The number of carbonyl (C=O) groups is 1. The number of H-pyrrole nitrogens is 1. The summed E-state index contributed by atoms with van der Waals surface area (Å²) in [5.41, 5.74) is 3.91. The van der Waals surface area contributed by atoms with Gasteiger partial charge in [0.1, 0.15) is 18.4 Å². The maximum Gasteiger partial charge on any atom is 0.325 e. The smallest absolute Gasteiger partial charge is 0.325 e. The first-order chi connectivity index (χ1) is 15.0. The molecule has 0 unspecified atom stereocenters. The summed E-state index contributed by atoms with van der Waals surface area (Å²) in [7, 11) is 0. The number of nitrogens with zero attached hydrogens (tertiary/aromatic N) is 2. The highest BCUT2D eigenvalue weighted by Crippen LogP contribution is 2.31. The largest absolute Gasteiger partial charge is 0.489 e. The number of carboxylic acid groups (broad SMARTS) is 1. The Kier molecular flexibility index (Phi) is 6.39. The summed E-state index contributed by atoms with van der Waals surface area (Å²) in [6.07, 6.45) is 1.82. The van der Waals surface area contributed by atoms with Crippen LogP contribution in [0.15, 0.2) is 66.9 Å². The maximum atomic E-state index is 12.2. The van der Waals surface area contributed by atoms with Gasteiger partial charge in [0.05, 0.1) is 0 Å². The van der Waals surface area contributed by atoms with E-state index in [1.807, 2.05) is 61.7 Å². The SMILES string of the molecule is C=C(C)CN1CCN([C@H](C(=O)O)c2c[nH]c3cc(OCc4ccccc4)ccc23)CC1. The minimum Gasteiger partial charge on any atom is -0.489 e. The normalized spacial score (nSPS) is 16.3. The molecular formula is C25H29N3O3. The summed E-state index contributed by atoms with van der Waals surface area (Å²) in [5.74, 6) is -0.0660. The number of carboxylic acids is 1. The van der Waals surface area contributed by atoms with Crippen molar-refractivity contribution in [3.8, 4) is 5.75 Å². The maximum absolute atomic E-state index is 12.2. The molecule has 1 aliphatic heterocycles. The molecule has 31 heavy (non-hydrogen) atoms. The summed E-state index contributed by atoms with van der Waals surface area (Å²) in [6.45, 7) is 10.5. The van der Waals surface area contributed by atoms with Crippen LogP contribution >= 0.6 is 0 Å². The number of aromatic amines is 1. The molecule has 162 valence electrons. The highest BCUT2D eigenvalue weighted by molar-refractivity contribution is 5.90. The van der Waals surface area contributed by atoms with Gasteiger partial charge in [0.2, 0.25) is 0 Å². The molecule has 6 nitrogen and oxygen atoms in total. The van der Waals surface area contributed by atoms with Crippen LogP contribution in [0.4, 0.5) is 0 Å². The van der Waals surface area contributed by atoms with Crippen LogP contribution in [0.5, 0.6) is 5.75 Å². The van der Waals surface area contributed by atoms with Crippen LogP contribution in [0.1, 0.15) is 24.1 Å². The Balaban J connectivity index is 1.49. The molecule has 3 aromatic rings. The quantitative estimate of drug-likeness (QED) is 0.539. The van der Waals surface area contributed by atoms with Crippen LogP contribution in [0.2, 0.25) is 0 Å². The number of benzene rings is 2. The number of aliphatic carboxylic acids is 1. The van der Waals surface area contributed by atoms with Gasteiger partial charge in [-0.25, -0.2) is 0 Å². The summed E-state index contributed by atoms with van der Waals surface area (Å²) in [5, 5.41) is 10.9. The van der Waals surface area contributed by atoms with E-state index in [4.69, 9.17) is 4.74 Å². The van der Waals surface area contributed by atoms with Gasteiger partial charge >= 0.3 is 5.97 Å². The van der Waals surface area contributed by atoms with Gasteiger partial charge in [-0.1, -0.05) is 42.5 Å². The van der Waals surface area contributed by atoms with Gasteiger partial charge in [0.15, 0.2) is 0 Å². The van der Waals surface area contributed by atoms with Crippen molar-refractivity contribution in [1.29, 1.82) is 0 Å². The van der Waals surface area contributed by atoms with Crippen molar-refractivity contribution in [3.63, 3.8) is 0 Å². The zero-order chi connectivity index (χ0) is 21.8. The zero-order valence-corrected chi connectivity index (χ0v) is 17.9. The molecule has 2 N–H and O–H groups in total. The summed E-state index contributed by atoms with van der Waals surface area (Å²) < 4.78 is 5.92. The van der Waals surface area contributed by atoms with Gasteiger partial charge in [-0.05, 0) is 24.6 Å². The number of nitrogens with one attached hydrogen (secondary N) is 1. The molecule has 6 heteroatoms. The molecule has 1 saturated heterocycles. The number of hydrogen-bond donors (Lipinski definition) is 2. The third kappa shape index (κ3) is 4.98. The van der Waals surface area contributed by atoms with E-state index in [-0.39, 0.29) is 0 Å². The molecular weight excluding hydrogens is 390 g/mol. The van der Waals surface area contributed by atoms with E-state index in [1.165, 1.54) is 0 Å². The van der Waals surface area contributed by atoms with E-state index in [2.05, 4.69) is 21.4 Å². The fourth-order valence-electron chi connectivity index (χ4n) is 4.23. The average molecular weight is 420 g/mol. The standard InChI is InChI=1S/C25H29N3O3/c1-18(2)16-27-10-12-28(13-11-27)24(25(29)30)22-15-26-23-14-20(8-9-21(22)23)31-17-19-6-4-3-5-7-19/h3-9,14-15,24,26H,1,10-13,16-17H2,2H3,(H,29,30)/t24-/m0/s1. The third-order valence-electron chi connectivity index (χ3n) is 5.73. The molecule has 2 aromatic carbocycles. The molecule has 0 amide bonds. The van der Waals surface area contributed by atoms with Crippen LogP contribution in [0.3, 0.4) is 0 Å². The Hall–Kier alpha value is -3.09. The molecule has 1 atom stereocenters. The minimum atomic E-state index is -0.821. The second-order valence-corrected chi connectivity index (χ2v) is 8.24. The summed E-state index contributed by atoms with van der Waals surface area (Å²) in [6, 6.07) is 15.1. The van der Waals surface area contributed by atoms with Crippen LogP contribution < -0.4 is 4.74 Å². The number of ether oxygens (including phenoxy) is 1. The van der Waals surface area contributed by atoms with Crippen LogP contribution in [0.25, 0.3) is 10.9 Å². The van der Waals surface area contributed by atoms with Crippen molar-refractivity contribution in [2.75, 3.05) is 32.7 Å². The van der Waals surface area contributed by atoms with Crippen molar-refractivity contribution in [2.24, 2.45) is 0 Å². The van der Waals surface area contributed by atoms with Crippen LogP contribution in [0, 0.1) is 0 Å². The summed E-state index contributed by atoms with van der Waals surface area (Å²) in [4.78, 5) is 19.8. The lowest BCUT2D eigenvalue weighted by Crippen LogP contribution is -2.49. The first-order valence-corrected chi connectivity index (χ1v) is 10.6. The Labute approximate surface area is 182 Å². The molecule has 1 fully saturated rings. The number of piperazine rings is 1. The first-order valence-electron chi connectivity index (χ1n) is 10.6. The molecule has 4 rings (SSSR count). The number of hydrogen-bond acceptors (Lipinski definition) is 4. The van der Waals surface area contributed by atoms with E-state index in [0.29, 0.717) is 6.61 Å². The number of rotatable bonds is 8. The second-order valence-electron chi connectivity index (χ2n) is 8.24. The molecule has 0 bridgehead atoms. The van der Waals surface area contributed by atoms with Crippen molar-refractivity contribution < 1.29 is 14.6 Å². The molecule has 0 spiro atoms. The average Bonchev–Trinajstić information content (AvgIpc) is 3.17.